The van der Waals surface area contributed by atoms with E-state index in [9.17, 15) is 9.59 Å². The largest absolute Gasteiger partial charge is 0.368 e. The van der Waals surface area contributed by atoms with Crippen LogP contribution in [0.25, 0.3) is 5.57 Å². The second-order valence-electron chi connectivity index (χ2n) is 7.42. The van der Waals surface area contributed by atoms with Crippen LogP contribution in [0, 0.1) is 0 Å². The number of carbonyl (C=O) groups is 2. The average Bonchev–Trinajstić information content (AvgIpc) is 2.99. The Kier molecular flexibility index (Phi) is 6.02. The van der Waals surface area contributed by atoms with Crippen LogP contribution in [0.1, 0.15) is 18.9 Å². The number of rotatable bonds is 5. The Hall–Kier alpha value is -2.50. The van der Waals surface area contributed by atoms with Gasteiger partial charge in [-0.05, 0) is 30.7 Å². The van der Waals surface area contributed by atoms with Crippen LogP contribution in [0.5, 0.6) is 0 Å². The van der Waals surface area contributed by atoms with E-state index in [0.29, 0.717) is 52.9 Å². The molecule has 30 heavy (non-hydrogen) atoms. The molecule has 0 aromatic heterocycles. The number of carbonyl (C=O) groups excluding carboxylic acids is 2. The summed E-state index contributed by atoms with van der Waals surface area (Å²) < 4.78 is 0. The first-order chi connectivity index (χ1) is 14.5. The molecule has 1 fully saturated rings. The van der Waals surface area contributed by atoms with E-state index < -0.39 is 0 Å². The number of piperazine rings is 1. The summed E-state index contributed by atoms with van der Waals surface area (Å²) in [7, 11) is 0. The molecular formula is C23H23Cl2N3O2. The number of para-hydroxylation sites is 1. The van der Waals surface area contributed by atoms with Crippen molar-refractivity contribution in [2.24, 2.45) is 0 Å². The van der Waals surface area contributed by atoms with Gasteiger partial charge >= 0.3 is 0 Å². The van der Waals surface area contributed by atoms with Crippen molar-refractivity contribution in [2.45, 2.75) is 13.3 Å². The van der Waals surface area contributed by atoms with Crippen molar-refractivity contribution in [1.29, 1.82) is 0 Å². The number of amides is 2. The first-order valence-electron chi connectivity index (χ1n) is 10.1. The maximum absolute atomic E-state index is 13.2. The Balaban J connectivity index is 1.68. The van der Waals surface area contributed by atoms with Gasteiger partial charge in [0.2, 0.25) is 0 Å². The highest BCUT2D eigenvalue weighted by atomic mass is 35.5. The molecule has 2 amide bonds. The molecule has 0 aliphatic carbocycles. The van der Waals surface area contributed by atoms with E-state index >= 15 is 0 Å². The molecule has 0 radical (unpaired) electrons. The van der Waals surface area contributed by atoms with E-state index in [-0.39, 0.29) is 11.8 Å². The molecule has 2 aromatic carbocycles. The quantitative estimate of drug-likeness (QED) is 0.645. The molecule has 4 rings (SSSR count). The summed E-state index contributed by atoms with van der Waals surface area (Å²) in [6, 6.07) is 15.2. The maximum atomic E-state index is 13.2. The van der Waals surface area contributed by atoms with Crippen molar-refractivity contribution >= 4 is 46.3 Å². The number of anilines is 1. The zero-order chi connectivity index (χ0) is 21.3. The van der Waals surface area contributed by atoms with Gasteiger partial charge in [-0.2, -0.15) is 0 Å². The second-order valence-corrected chi connectivity index (χ2v) is 8.26. The van der Waals surface area contributed by atoms with E-state index in [1.54, 1.807) is 18.2 Å². The summed E-state index contributed by atoms with van der Waals surface area (Å²) in [5, 5.41) is 0.863. The number of hydrogen-bond acceptors (Lipinski definition) is 4. The topological polar surface area (TPSA) is 43.9 Å². The van der Waals surface area contributed by atoms with Crippen molar-refractivity contribution in [2.75, 3.05) is 37.6 Å². The molecule has 0 spiro atoms. The minimum absolute atomic E-state index is 0.240. The van der Waals surface area contributed by atoms with Crippen LogP contribution in [0.2, 0.25) is 10.0 Å². The van der Waals surface area contributed by atoms with Crippen molar-refractivity contribution < 1.29 is 9.59 Å². The summed E-state index contributed by atoms with van der Waals surface area (Å²) in [5.74, 6) is -0.525. The molecule has 156 valence electrons. The van der Waals surface area contributed by atoms with Gasteiger partial charge in [-0.3, -0.25) is 14.5 Å². The van der Waals surface area contributed by atoms with Gasteiger partial charge in [0.15, 0.2) is 0 Å². The smallest absolute Gasteiger partial charge is 0.277 e. The van der Waals surface area contributed by atoms with Crippen molar-refractivity contribution in [3.8, 4) is 0 Å². The van der Waals surface area contributed by atoms with E-state index in [0.717, 1.165) is 18.8 Å². The Morgan fingerprint density at radius 1 is 0.867 bits per heavy atom. The fourth-order valence-electron chi connectivity index (χ4n) is 4.05. The van der Waals surface area contributed by atoms with Crippen LogP contribution < -0.4 is 4.90 Å². The van der Waals surface area contributed by atoms with Crippen LogP contribution in [-0.2, 0) is 9.59 Å². The standard InChI is InChI=1S/C23H23Cl2N3O2/c1-2-10-28-22(29)20(18-9-8-16(24)15-19(18)25)21(23(28)30)27-13-11-26(12-14-27)17-6-4-3-5-7-17/h3-9,15H,2,10-14H2,1H3. The van der Waals surface area contributed by atoms with Crippen LogP contribution >= 0.6 is 23.2 Å². The first kappa shape index (κ1) is 20.8. The number of nitrogens with zero attached hydrogens (tertiary/aromatic N) is 3. The van der Waals surface area contributed by atoms with E-state index in [4.69, 9.17) is 23.2 Å². The van der Waals surface area contributed by atoms with Crippen LogP contribution in [0.15, 0.2) is 54.2 Å². The zero-order valence-corrected chi connectivity index (χ0v) is 18.3. The predicted octanol–water partition coefficient (Wildman–Crippen LogP) is 4.31. The van der Waals surface area contributed by atoms with Crippen molar-refractivity contribution in [1.82, 2.24) is 9.80 Å². The molecular weight excluding hydrogens is 421 g/mol. The van der Waals surface area contributed by atoms with E-state index in [1.807, 2.05) is 30.0 Å². The number of imide groups is 1. The molecule has 0 atom stereocenters. The summed E-state index contributed by atoms with van der Waals surface area (Å²) in [5.41, 5.74) is 2.54. The van der Waals surface area contributed by atoms with Gasteiger partial charge in [-0.15, -0.1) is 0 Å². The van der Waals surface area contributed by atoms with E-state index in [2.05, 4.69) is 17.0 Å². The monoisotopic (exact) mass is 443 g/mol. The number of halogens is 2. The van der Waals surface area contributed by atoms with Crippen LogP contribution in [0.3, 0.4) is 0 Å². The molecule has 7 heteroatoms. The maximum Gasteiger partial charge on any atom is 0.277 e. The third kappa shape index (κ3) is 3.80. The summed E-state index contributed by atoms with van der Waals surface area (Å²) in [6.45, 7) is 5.18. The van der Waals surface area contributed by atoms with Crippen molar-refractivity contribution in [3.05, 3.63) is 69.8 Å². The predicted molar refractivity (Wildman–Crippen MR) is 121 cm³/mol. The lowest BCUT2D eigenvalue weighted by atomic mass is 10.0. The van der Waals surface area contributed by atoms with Gasteiger partial charge in [0.05, 0.1) is 10.6 Å². The fraction of sp³-hybridized carbons (Fsp3) is 0.304. The molecule has 0 bridgehead atoms. The van der Waals surface area contributed by atoms with Gasteiger partial charge in [-0.1, -0.05) is 54.4 Å². The van der Waals surface area contributed by atoms with Crippen LogP contribution in [0.4, 0.5) is 5.69 Å². The Morgan fingerprint density at radius 3 is 2.17 bits per heavy atom. The van der Waals surface area contributed by atoms with Gasteiger partial charge in [0, 0.05) is 49.0 Å². The molecule has 1 saturated heterocycles. The van der Waals surface area contributed by atoms with Gasteiger partial charge in [-0.25, -0.2) is 0 Å². The van der Waals surface area contributed by atoms with Gasteiger partial charge < -0.3 is 9.80 Å². The third-order valence-electron chi connectivity index (χ3n) is 5.51. The average molecular weight is 444 g/mol. The van der Waals surface area contributed by atoms with Gasteiger partial charge in [0.25, 0.3) is 11.8 Å². The van der Waals surface area contributed by atoms with Gasteiger partial charge in [0.1, 0.15) is 5.70 Å². The Labute approximate surface area is 186 Å². The molecule has 2 aliphatic rings. The highest BCUT2D eigenvalue weighted by Gasteiger charge is 2.42. The molecule has 2 aromatic rings. The molecule has 2 heterocycles. The Bertz CT molecular complexity index is 999. The minimum atomic E-state index is -0.286. The summed E-state index contributed by atoms with van der Waals surface area (Å²) in [6.07, 6.45) is 0.703. The summed E-state index contributed by atoms with van der Waals surface area (Å²) >= 11 is 12.5. The fourth-order valence-corrected chi connectivity index (χ4v) is 4.55. The molecule has 2 aliphatic heterocycles. The minimum Gasteiger partial charge on any atom is -0.368 e. The first-order valence-corrected chi connectivity index (χ1v) is 10.9. The Morgan fingerprint density at radius 2 is 1.53 bits per heavy atom. The van der Waals surface area contributed by atoms with Crippen molar-refractivity contribution in [3.63, 3.8) is 0 Å². The molecule has 0 saturated carbocycles. The molecule has 5 nitrogen and oxygen atoms in total. The SMILES string of the molecule is CCCN1C(=O)C(c2ccc(Cl)cc2Cl)=C(N2CCN(c3ccccc3)CC2)C1=O. The highest BCUT2D eigenvalue weighted by Crippen LogP contribution is 2.36. The lowest BCUT2D eigenvalue weighted by molar-refractivity contribution is -0.137. The van der Waals surface area contributed by atoms with Crippen LogP contribution in [-0.4, -0.2) is 54.3 Å². The zero-order valence-electron chi connectivity index (χ0n) is 16.8. The normalized spacial score (nSPS) is 17.4. The molecule has 0 unspecified atom stereocenters. The second kappa shape index (κ2) is 8.70. The number of hydrogen-bond donors (Lipinski definition) is 0. The number of benzene rings is 2. The highest BCUT2D eigenvalue weighted by molar-refractivity contribution is 6.41. The van der Waals surface area contributed by atoms with E-state index in [1.165, 1.54) is 4.90 Å². The summed E-state index contributed by atoms with van der Waals surface area (Å²) in [4.78, 5) is 32.1. The third-order valence-corrected chi connectivity index (χ3v) is 6.06. The molecule has 0 N–H and O–H groups in total. The lowest BCUT2D eigenvalue weighted by Crippen LogP contribution is -2.47. The lowest BCUT2D eigenvalue weighted by Gasteiger charge is -2.37.